The SMILES string of the molecule is CO[C@]1(O)C(=O)[C@@]2(O)C(C)(C)OC(=O)C=C[C@]2(C)[C@H]2CC[C@@]3(C)[C@H](c4ccoc4)OC(=O)[C@H]4O[C@]43[C@@]21C. The summed E-state index contributed by atoms with van der Waals surface area (Å²) in [5.74, 6) is -5.68. The first-order valence-electron chi connectivity index (χ1n) is 12.5. The first kappa shape index (κ1) is 24.8. The Morgan fingerprint density at radius 3 is 2.38 bits per heavy atom. The van der Waals surface area contributed by atoms with Gasteiger partial charge in [-0.25, -0.2) is 9.59 Å². The van der Waals surface area contributed by atoms with Gasteiger partial charge in [0.1, 0.15) is 17.3 Å². The number of cyclic esters (lactones) is 2. The fourth-order valence-corrected chi connectivity index (χ4v) is 8.89. The van der Waals surface area contributed by atoms with E-state index in [2.05, 4.69) is 0 Å². The molecule has 9 atom stereocenters. The van der Waals surface area contributed by atoms with Crippen LogP contribution in [0.2, 0.25) is 0 Å². The lowest BCUT2D eigenvalue weighted by Gasteiger charge is -2.70. The average molecular weight is 517 g/mol. The summed E-state index contributed by atoms with van der Waals surface area (Å²) in [4.78, 5) is 40.3. The molecule has 0 radical (unpaired) electrons. The van der Waals surface area contributed by atoms with Gasteiger partial charge >= 0.3 is 11.9 Å². The van der Waals surface area contributed by atoms with E-state index < -0.39 is 74.7 Å². The van der Waals surface area contributed by atoms with E-state index in [-0.39, 0.29) is 0 Å². The first-order valence-corrected chi connectivity index (χ1v) is 12.5. The van der Waals surface area contributed by atoms with E-state index in [9.17, 15) is 24.6 Å². The third-order valence-corrected chi connectivity index (χ3v) is 10.7. The molecule has 2 saturated heterocycles. The largest absolute Gasteiger partial charge is 0.472 e. The molecule has 37 heavy (non-hydrogen) atoms. The number of carbonyl (C=O) groups is 3. The van der Waals surface area contributed by atoms with Crippen molar-refractivity contribution in [3.8, 4) is 0 Å². The number of rotatable bonds is 2. The Kier molecular flexibility index (Phi) is 4.50. The molecule has 0 bridgehead atoms. The Morgan fingerprint density at radius 2 is 1.76 bits per heavy atom. The Bertz CT molecular complexity index is 1250. The van der Waals surface area contributed by atoms with E-state index in [0.29, 0.717) is 18.4 Å². The van der Waals surface area contributed by atoms with Gasteiger partial charge in [-0.15, -0.1) is 0 Å². The molecule has 1 spiro atoms. The van der Waals surface area contributed by atoms with Gasteiger partial charge in [-0.2, -0.15) is 0 Å². The number of Topliss-reactive ketones (excluding diaryl/α,β-unsaturated/α-hetero) is 1. The van der Waals surface area contributed by atoms with E-state index in [0.717, 1.165) is 0 Å². The fourth-order valence-electron chi connectivity index (χ4n) is 8.89. The number of fused-ring (bicyclic) bond motifs is 3. The van der Waals surface area contributed by atoms with Crippen LogP contribution in [0.5, 0.6) is 0 Å². The predicted octanol–water partition coefficient (Wildman–Crippen LogP) is 1.98. The van der Waals surface area contributed by atoms with E-state index in [1.807, 2.05) is 6.92 Å². The molecule has 10 heteroatoms. The lowest BCUT2D eigenvalue weighted by Crippen LogP contribution is -2.85. The van der Waals surface area contributed by atoms with Crippen LogP contribution in [-0.2, 0) is 33.3 Å². The minimum atomic E-state index is -2.61. The molecule has 4 heterocycles. The van der Waals surface area contributed by atoms with Crippen molar-refractivity contribution in [2.45, 2.75) is 82.3 Å². The van der Waals surface area contributed by atoms with Crippen LogP contribution in [0.25, 0.3) is 0 Å². The number of furan rings is 1. The van der Waals surface area contributed by atoms with Gasteiger partial charge < -0.3 is 33.6 Å². The minimum Gasteiger partial charge on any atom is -0.472 e. The molecule has 2 saturated carbocycles. The molecule has 3 aliphatic heterocycles. The van der Waals surface area contributed by atoms with Gasteiger partial charge in [0.2, 0.25) is 11.6 Å². The standard InChI is InChI=1S/C27H32O10/c1-21(2)25(31)20(30)27(32,33-6)24(5)15(22(25,3)11-8-16(28)36-21)7-10-23(4)17(14-9-12-34-13-14)35-19(29)18-26(23,24)37-18/h8-9,11-13,15,17-18,31-32H,7,10H2,1-6H3/t15-,17+,18-,22-,23+,24-,25-,26-,27-/m1/s1. The molecular formula is C27H32O10. The van der Waals surface area contributed by atoms with E-state index in [1.54, 1.807) is 19.9 Å². The van der Waals surface area contributed by atoms with Crippen molar-refractivity contribution in [1.82, 2.24) is 0 Å². The number of carbonyl (C=O) groups excluding carboxylic acids is 3. The summed E-state index contributed by atoms with van der Waals surface area (Å²) >= 11 is 0. The zero-order valence-corrected chi connectivity index (χ0v) is 21.7. The quantitative estimate of drug-likeness (QED) is 0.340. The summed E-state index contributed by atoms with van der Waals surface area (Å²) in [5, 5.41) is 24.6. The molecule has 4 fully saturated rings. The van der Waals surface area contributed by atoms with Gasteiger partial charge in [-0.1, -0.05) is 26.8 Å². The molecule has 5 aliphatic rings. The Labute approximate surface area is 213 Å². The molecule has 200 valence electrons. The van der Waals surface area contributed by atoms with E-state index in [4.69, 9.17) is 23.4 Å². The Hall–Kier alpha value is -2.53. The van der Waals surface area contributed by atoms with Crippen molar-refractivity contribution >= 4 is 17.7 Å². The number of ketones is 1. The third-order valence-electron chi connectivity index (χ3n) is 10.7. The summed E-state index contributed by atoms with van der Waals surface area (Å²) in [6.07, 6.45) is 4.71. The van der Waals surface area contributed by atoms with Crippen LogP contribution in [-0.4, -0.2) is 63.7 Å². The minimum absolute atomic E-state index is 0.378. The van der Waals surface area contributed by atoms with E-state index in [1.165, 1.54) is 45.6 Å². The Balaban J connectivity index is 1.64. The number of hydrogen-bond acceptors (Lipinski definition) is 10. The van der Waals surface area contributed by atoms with Crippen LogP contribution in [0.4, 0.5) is 0 Å². The Morgan fingerprint density at radius 1 is 1.05 bits per heavy atom. The highest BCUT2D eigenvalue weighted by Gasteiger charge is 2.94. The zero-order chi connectivity index (χ0) is 27.0. The molecule has 2 N–H and O–H groups in total. The van der Waals surface area contributed by atoms with Gasteiger partial charge in [-0.05, 0) is 38.7 Å². The maximum atomic E-state index is 14.5. The number of ether oxygens (including phenoxy) is 4. The molecule has 1 aromatic rings. The van der Waals surface area contributed by atoms with Gasteiger partial charge in [0.05, 0.1) is 17.9 Å². The van der Waals surface area contributed by atoms with Crippen LogP contribution >= 0.6 is 0 Å². The lowest BCUT2D eigenvalue weighted by atomic mass is 9.35. The van der Waals surface area contributed by atoms with Gasteiger partial charge in [0.25, 0.3) is 0 Å². The molecule has 0 unspecified atom stereocenters. The van der Waals surface area contributed by atoms with Crippen LogP contribution in [0, 0.1) is 22.2 Å². The number of hydrogen-bond donors (Lipinski definition) is 2. The van der Waals surface area contributed by atoms with Crippen molar-refractivity contribution < 1.29 is 48.0 Å². The highest BCUT2D eigenvalue weighted by molar-refractivity contribution is 6.00. The van der Waals surface area contributed by atoms with Crippen LogP contribution in [0.1, 0.15) is 59.1 Å². The monoisotopic (exact) mass is 516 g/mol. The van der Waals surface area contributed by atoms with Crippen molar-refractivity contribution in [2.24, 2.45) is 22.2 Å². The van der Waals surface area contributed by atoms with Crippen molar-refractivity contribution in [3.05, 3.63) is 36.3 Å². The fraction of sp³-hybridized carbons (Fsp3) is 0.667. The van der Waals surface area contributed by atoms with Crippen molar-refractivity contribution in [1.29, 1.82) is 0 Å². The third kappa shape index (κ3) is 2.28. The summed E-state index contributed by atoms with van der Waals surface area (Å²) in [6.45, 7) is 8.18. The van der Waals surface area contributed by atoms with Crippen molar-refractivity contribution in [3.63, 3.8) is 0 Å². The number of esters is 2. The second-order valence-electron chi connectivity index (χ2n) is 12.3. The van der Waals surface area contributed by atoms with Crippen molar-refractivity contribution in [2.75, 3.05) is 7.11 Å². The van der Waals surface area contributed by atoms with Crippen LogP contribution < -0.4 is 0 Å². The topological polar surface area (TPSA) is 145 Å². The molecule has 0 amide bonds. The smallest absolute Gasteiger partial charge is 0.339 e. The molecule has 1 aromatic heterocycles. The highest BCUT2D eigenvalue weighted by Crippen LogP contribution is 2.80. The average Bonchev–Trinajstić information content (AvgIpc) is 3.43. The number of methoxy groups -OCH3 is 1. The second-order valence-corrected chi connectivity index (χ2v) is 12.3. The zero-order valence-electron chi connectivity index (χ0n) is 21.7. The maximum Gasteiger partial charge on any atom is 0.339 e. The molecule has 0 aromatic carbocycles. The molecule has 10 nitrogen and oxygen atoms in total. The summed E-state index contributed by atoms with van der Waals surface area (Å²) < 4.78 is 28.6. The summed E-state index contributed by atoms with van der Waals surface area (Å²) in [5.41, 5.74) is -8.70. The maximum absolute atomic E-state index is 14.5. The van der Waals surface area contributed by atoms with Crippen LogP contribution in [0.15, 0.2) is 35.2 Å². The summed E-state index contributed by atoms with van der Waals surface area (Å²) in [7, 11) is 1.19. The molecule has 6 rings (SSSR count). The van der Waals surface area contributed by atoms with Gasteiger partial charge in [0, 0.05) is 29.6 Å². The normalized spacial score (nSPS) is 51.6. The summed E-state index contributed by atoms with van der Waals surface area (Å²) in [6, 6.07) is 1.71. The second kappa shape index (κ2) is 6.72. The van der Waals surface area contributed by atoms with Crippen LogP contribution in [0.3, 0.4) is 0 Å². The first-order chi connectivity index (χ1) is 17.1. The molecular weight excluding hydrogens is 484 g/mol. The predicted molar refractivity (Wildman–Crippen MR) is 123 cm³/mol. The lowest BCUT2D eigenvalue weighted by molar-refractivity contribution is -0.354. The van der Waals surface area contributed by atoms with Gasteiger partial charge in [-0.3, -0.25) is 4.79 Å². The van der Waals surface area contributed by atoms with E-state index >= 15 is 0 Å². The van der Waals surface area contributed by atoms with Gasteiger partial charge in [0.15, 0.2) is 11.7 Å². The number of aliphatic hydroxyl groups is 2. The number of epoxide rings is 1. The highest BCUT2D eigenvalue weighted by atomic mass is 16.7. The molecule has 2 aliphatic carbocycles.